The Balaban J connectivity index is 0.00000267. The first kappa shape index (κ1) is 24.8. The molecule has 5 radical (unpaired) electrons. The number of hydrogen-bond donors (Lipinski definition) is 0. The standard InChI is InChI=1S/C35H25.Na/c1-6-16-26(17-7-1)31-32(27-18-8-2-9-19-27)34(29-22-12-4-13-23-29)35(30-24-14-5-15-25-30)33(31)28-20-10-3-11-21-28;/h1-25H;/q;+1. The minimum absolute atomic E-state index is 0. The van der Waals surface area contributed by atoms with Crippen LogP contribution in [-0.4, -0.2) is 0 Å². The number of benzene rings is 5. The molecule has 0 aliphatic heterocycles. The molecule has 0 unspecified atom stereocenters. The van der Waals surface area contributed by atoms with E-state index in [0.29, 0.717) is 0 Å². The van der Waals surface area contributed by atoms with Gasteiger partial charge in [0.05, 0.1) is 0 Å². The fourth-order valence-electron chi connectivity index (χ4n) is 5.09. The molecule has 1 aliphatic carbocycles. The van der Waals surface area contributed by atoms with E-state index in [-0.39, 0.29) is 29.6 Å². The predicted octanol–water partition coefficient (Wildman–Crippen LogP) is 5.12. The molecule has 0 aromatic heterocycles. The van der Waals surface area contributed by atoms with Gasteiger partial charge in [-0.2, -0.15) is 0 Å². The van der Waals surface area contributed by atoms with Gasteiger partial charge in [-0.3, -0.25) is 0 Å². The molecule has 1 saturated carbocycles. The molecule has 0 nitrogen and oxygen atoms in total. The second kappa shape index (κ2) is 11.4. The van der Waals surface area contributed by atoms with Gasteiger partial charge in [-0.25, -0.2) is 0 Å². The molecule has 0 atom stereocenters. The van der Waals surface area contributed by atoms with Crippen LogP contribution in [0.25, 0.3) is 0 Å². The van der Waals surface area contributed by atoms with Gasteiger partial charge in [0.15, 0.2) is 0 Å². The van der Waals surface area contributed by atoms with Crippen LogP contribution in [0.4, 0.5) is 0 Å². The van der Waals surface area contributed by atoms with E-state index in [1.54, 1.807) is 0 Å². The maximum atomic E-state index is 2.23. The Morgan fingerprint density at radius 3 is 0.472 bits per heavy atom. The van der Waals surface area contributed by atoms with Crippen LogP contribution in [0, 0.1) is 29.6 Å². The first-order valence-corrected chi connectivity index (χ1v) is 12.1. The molecular weight excluding hydrogens is 443 g/mol. The topological polar surface area (TPSA) is 0 Å². The van der Waals surface area contributed by atoms with Crippen molar-refractivity contribution in [1.29, 1.82) is 0 Å². The molecule has 6 rings (SSSR count). The van der Waals surface area contributed by atoms with E-state index in [4.69, 9.17) is 0 Å². The zero-order valence-corrected chi connectivity index (χ0v) is 22.4. The van der Waals surface area contributed by atoms with E-state index >= 15 is 0 Å². The average molecular weight is 469 g/mol. The Morgan fingerprint density at radius 2 is 0.333 bits per heavy atom. The predicted molar refractivity (Wildman–Crippen MR) is 144 cm³/mol. The third-order valence-corrected chi connectivity index (χ3v) is 6.56. The summed E-state index contributed by atoms with van der Waals surface area (Å²) in [7, 11) is 0. The summed E-state index contributed by atoms with van der Waals surface area (Å²) in [6.45, 7) is 0. The Kier molecular flexibility index (Phi) is 7.87. The van der Waals surface area contributed by atoms with Gasteiger partial charge in [-0.15, -0.1) is 0 Å². The molecule has 0 heterocycles. The van der Waals surface area contributed by atoms with Crippen molar-refractivity contribution in [3.63, 3.8) is 0 Å². The maximum Gasteiger partial charge on any atom is 1.00 e. The van der Waals surface area contributed by atoms with Gasteiger partial charge in [0.25, 0.3) is 0 Å². The molecule has 0 spiro atoms. The van der Waals surface area contributed by atoms with Gasteiger partial charge in [0.2, 0.25) is 0 Å². The SMILES string of the molecule is [Na+].c1ccc([C]2[C](c3ccccc3)[C](c3ccccc3)[C](c3ccccc3)[C]2c2ccccc2)cc1. The molecule has 0 amide bonds. The molecule has 1 fully saturated rings. The smallest absolute Gasteiger partial charge is 0.0622 e. The summed E-state index contributed by atoms with van der Waals surface area (Å²) in [5.41, 5.74) is 6.13. The van der Waals surface area contributed by atoms with Crippen molar-refractivity contribution in [2.75, 3.05) is 0 Å². The summed E-state index contributed by atoms with van der Waals surface area (Å²) in [4.78, 5) is 0. The third kappa shape index (κ3) is 4.74. The van der Waals surface area contributed by atoms with Gasteiger partial charge in [-0.1, -0.05) is 152 Å². The largest absolute Gasteiger partial charge is 1.00 e. The van der Waals surface area contributed by atoms with Crippen LogP contribution in [-0.2, 0) is 0 Å². The summed E-state index contributed by atoms with van der Waals surface area (Å²) in [5.74, 6) is 6.39. The van der Waals surface area contributed by atoms with E-state index in [0.717, 1.165) is 0 Å². The summed E-state index contributed by atoms with van der Waals surface area (Å²) in [6, 6.07) is 54.1. The molecular formula is C35H25Na+. The van der Waals surface area contributed by atoms with E-state index in [9.17, 15) is 0 Å². The van der Waals surface area contributed by atoms with Gasteiger partial charge >= 0.3 is 29.6 Å². The van der Waals surface area contributed by atoms with E-state index in [1.165, 1.54) is 57.4 Å². The average Bonchev–Trinajstić information content (AvgIpc) is 3.32. The minimum atomic E-state index is 0. The second-order valence-electron chi connectivity index (χ2n) is 8.71. The van der Waals surface area contributed by atoms with Crippen molar-refractivity contribution >= 4 is 0 Å². The molecule has 1 aliphatic rings. The molecule has 0 saturated heterocycles. The second-order valence-corrected chi connectivity index (χ2v) is 8.71. The molecule has 36 heavy (non-hydrogen) atoms. The summed E-state index contributed by atoms with van der Waals surface area (Å²) in [5, 5.41) is 0. The van der Waals surface area contributed by atoms with Gasteiger partial charge in [0.1, 0.15) is 0 Å². The summed E-state index contributed by atoms with van der Waals surface area (Å²) in [6.07, 6.45) is 0. The fourth-order valence-corrected chi connectivity index (χ4v) is 5.09. The zero-order chi connectivity index (χ0) is 23.5. The number of hydrogen-bond acceptors (Lipinski definition) is 0. The molecule has 1 heteroatoms. The molecule has 0 bridgehead atoms. The van der Waals surface area contributed by atoms with Crippen molar-refractivity contribution in [1.82, 2.24) is 0 Å². The van der Waals surface area contributed by atoms with Crippen molar-refractivity contribution in [3.05, 3.63) is 209 Å². The first-order chi connectivity index (χ1) is 17.4. The van der Waals surface area contributed by atoms with Crippen LogP contribution in [0.5, 0.6) is 0 Å². The van der Waals surface area contributed by atoms with Crippen molar-refractivity contribution in [2.45, 2.75) is 0 Å². The van der Waals surface area contributed by atoms with Gasteiger partial charge in [0, 0.05) is 29.6 Å². The Labute approximate surface area is 237 Å². The maximum absolute atomic E-state index is 2.23. The van der Waals surface area contributed by atoms with Gasteiger partial charge in [-0.05, 0) is 27.8 Å². The molecule has 5 aromatic carbocycles. The van der Waals surface area contributed by atoms with Crippen LogP contribution in [0.3, 0.4) is 0 Å². The minimum Gasteiger partial charge on any atom is -0.0622 e. The van der Waals surface area contributed by atoms with E-state index in [1.807, 2.05) is 0 Å². The van der Waals surface area contributed by atoms with Crippen LogP contribution in [0.1, 0.15) is 27.8 Å². The normalized spacial score (nSPS) is 15.6. The van der Waals surface area contributed by atoms with E-state index < -0.39 is 0 Å². The monoisotopic (exact) mass is 468 g/mol. The Hall–Kier alpha value is -2.90. The van der Waals surface area contributed by atoms with Crippen LogP contribution >= 0.6 is 0 Å². The number of rotatable bonds is 5. The zero-order valence-electron chi connectivity index (χ0n) is 20.4. The van der Waals surface area contributed by atoms with Gasteiger partial charge < -0.3 is 0 Å². The molecule has 0 N–H and O–H groups in total. The van der Waals surface area contributed by atoms with Crippen molar-refractivity contribution in [2.24, 2.45) is 0 Å². The summed E-state index contributed by atoms with van der Waals surface area (Å²) >= 11 is 0. The van der Waals surface area contributed by atoms with E-state index in [2.05, 4.69) is 152 Å². The molecule has 165 valence electrons. The Bertz CT molecular complexity index is 1070. The van der Waals surface area contributed by atoms with Crippen molar-refractivity contribution < 1.29 is 29.6 Å². The van der Waals surface area contributed by atoms with Crippen LogP contribution < -0.4 is 29.6 Å². The summed E-state index contributed by atoms with van der Waals surface area (Å²) < 4.78 is 0. The van der Waals surface area contributed by atoms with Crippen molar-refractivity contribution in [3.8, 4) is 0 Å². The van der Waals surface area contributed by atoms with Crippen LogP contribution in [0.2, 0.25) is 0 Å². The third-order valence-electron chi connectivity index (χ3n) is 6.56. The van der Waals surface area contributed by atoms with Crippen LogP contribution in [0.15, 0.2) is 152 Å². The first-order valence-electron chi connectivity index (χ1n) is 12.1. The quantitative estimate of drug-likeness (QED) is 0.314. The molecule has 5 aromatic rings. The fraction of sp³-hybridized carbons (Fsp3) is 0. The Morgan fingerprint density at radius 1 is 0.194 bits per heavy atom.